The summed E-state index contributed by atoms with van der Waals surface area (Å²) in [6, 6.07) is 16.9. The molecule has 0 radical (unpaired) electrons. The molecule has 176 valence electrons. The minimum Gasteiger partial charge on any atom is -0.492 e. The first-order chi connectivity index (χ1) is 16.7. The Morgan fingerprint density at radius 1 is 1.03 bits per heavy atom. The SMILES string of the molecule is O=C(c1cccc(OCCN2CCCC2)c1)N1CCC[C@@H]1c1ccnc(-c2cccc(Cl)c2)n1. The van der Waals surface area contributed by atoms with E-state index in [4.69, 9.17) is 21.3 Å². The van der Waals surface area contributed by atoms with Crippen LogP contribution in [0.3, 0.4) is 0 Å². The Bertz CT molecular complexity index is 1150. The third kappa shape index (κ3) is 5.24. The van der Waals surface area contributed by atoms with Crippen LogP contribution in [0.1, 0.15) is 47.8 Å². The Kier molecular flexibility index (Phi) is 7.07. The molecule has 3 heterocycles. The molecule has 5 rings (SSSR count). The van der Waals surface area contributed by atoms with Gasteiger partial charge in [-0.15, -0.1) is 0 Å². The third-order valence-corrected chi connectivity index (χ3v) is 6.81. The highest BCUT2D eigenvalue weighted by atomic mass is 35.5. The van der Waals surface area contributed by atoms with Gasteiger partial charge in [0, 0.05) is 35.4 Å². The van der Waals surface area contributed by atoms with Crippen molar-refractivity contribution in [3.05, 3.63) is 77.1 Å². The molecule has 3 aromatic rings. The average Bonchev–Trinajstić information content (AvgIpc) is 3.56. The normalized spacial score (nSPS) is 18.4. The summed E-state index contributed by atoms with van der Waals surface area (Å²) in [5, 5.41) is 0.645. The van der Waals surface area contributed by atoms with E-state index >= 15 is 0 Å². The highest BCUT2D eigenvalue weighted by molar-refractivity contribution is 6.30. The van der Waals surface area contributed by atoms with Crippen LogP contribution in [0.25, 0.3) is 11.4 Å². The largest absolute Gasteiger partial charge is 0.492 e. The van der Waals surface area contributed by atoms with Crippen molar-refractivity contribution in [1.29, 1.82) is 0 Å². The van der Waals surface area contributed by atoms with Gasteiger partial charge >= 0.3 is 0 Å². The summed E-state index contributed by atoms with van der Waals surface area (Å²) in [4.78, 5) is 27.0. The molecule has 0 unspecified atom stereocenters. The molecule has 0 aliphatic carbocycles. The van der Waals surface area contributed by atoms with Crippen molar-refractivity contribution in [1.82, 2.24) is 19.8 Å². The second-order valence-corrected chi connectivity index (χ2v) is 9.33. The monoisotopic (exact) mass is 476 g/mol. The number of halogens is 1. The molecular formula is C27H29ClN4O2. The topological polar surface area (TPSA) is 58.6 Å². The first kappa shape index (κ1) is 22.8. The van der Waals surface area contributed by atoms with E-state index in [-0.39, 0.29) is 11.9 Å². The van der Waals surface area contributed by atoms with Gasteiger partial charge in [0.25, 0.3) is 5.91 Å². The zero-order valence-corrected chi connectivity index (χ0v) is 20.0. The van der Waals surface area contributed by atoms with E-state index in [2.05, 4.69) is 9.88 Å². The van der Waals surface area contributed by atoms with Crippen molar-refractivity contribution >= 4 is 17.5 Å². The summed E-state index contributed by atoms with van der Waals surface area (Å²) in [6.45, 7) is 4.58. The molecule has 6 nitrogen and oxygen atoms in total. The van der Waals surface area contributed by atoms with E-state index in [9.17, 15) is 4.79 Å². The lowest BCUT2D eigenvalue weighted by atomic mass is 10.1. The van der Waals surface area contributed by atoms with E-state index in [1.807, 2.05) is 59.5 Å². The lowest BCUT2D eigenvalue weighted by Crippen LogP contribution is -2.31. The number of carbonyl (C=O) groups is 1. The molecule has 1 aromatic heterocycles. The van der Waals surface area contributed by atoms with Gasteiger partial charge in [0.05, 0.1) is 11.7 Å². The third-order valence-electron chi connectivity index (χ3n) is 6.57. The molecule has 0 saturated carbocycles. The highest BCUT2D eigenvalue weighted by Crippen LogP contribution is 2.33. The van der Waals surface area contributed by atoms with Gasteiger partial charge in [-0.1, -0.05) is 29.8 Å². The minimum absolute atomic E-state index is 0.00964. The van der Waals surface area contributed by atoms with Crippen LogP contribution < -0.4 is 4.74 Å². The van der Waals surface area contributed by atoms with Crippen LogP contribution in [0.15, 0.2) is 60.8 Å². The summed E-state index contributed by atoms with van der Waals surface area (Å²) in [5.74, 6) is 1.37. The molecule has 7 heteroatoms. The summed E-state index contributed by atoms with van der Waals surface area (Å²) < 4.78 is 5.96. The summed E-state index contributed by atoms with van der Waals surface area (Å²) in [5.41, 5.74) is 2.37. The summed E-state index contributed by atoms with van der Waals surface area (Å²) >= 11 is 6.15. The van der Waals surface area contributed by atoms with E-state index in [1.165, 1.54) is 12.8 Å². The first-order valence-electron chi connectivity index (χ1n) is 12.0. The van der Waals surface area contributed by atoms with Crippen molar-refractivity contribution in [2.24, 2.45) is 0 Å². The smallest absolute Gasteiger partial charge is 0.254 e. The minimum atomic E-state index is -0.0758. The van der Waals surface area contributed by atoms with Crippen LogP contribution in [0.4, 0.5) is 0 Å². The summed E-state index contributed by atoms with van der Waals surface area (Å²) in [6.07, 6.45) is 6.12. The number of benzene rings is 2. The molecule has 0 N–H and O–H groups in total. The number of carbonyl (C=O) groups excluding carboxylic acids is 1. The molecule has 2 fully saturated rings. The molecule has 34 heavy (non-hydrogen) atoms. The van der Waals surface area contributed by atoms with E-state index in [1.54, 1.807) is 6.20 Å². The van der Waals surface area contributed by atoms with Crippen LogP contribution in [0.2, 0.25) is 5.02 Å². The van der Waals surface area contributed by atoms with Crippen LogP contribution in [0, 0.1) is 0 Å². The average molecular weight is 477 g/mol. The molecule has 2 saturated heterocycles. The van der Waals surface area contributed by atoms with Crippen molar-refractivity contribution < 1.29 is 9.53 Å². The van der Waals surface area contributed by atoms with Crippen LogP contribution in [-0.4, -0.2) is 58.5 Å². The molecule has 2 aliphatic heterocycles. The Morgan fingerprint density at radius 3 is 2.74 bits per heavy atom. The Labute approximate surface area is 205 Å². The van der Waals surface area contributed by atoms with Gasteiger partial charge in [-0.05, 0) is 75.2 Å². The van der Waals surface area contributed by atoms with Gasteiger partial charge in [-0.25, -0.2) is 9.97 Å². The summed E-state index contributed by atoms with van der Waals surface area (Å²) in [7, 11) is 0. The highest BCUT2D eigenvalue weighted by Gasteiger charge is 2.32. The van der Waals surface area contributed by atoms with Gasteiger partial charge in [-0.2, -0.15) is 0 Å². The number of hydrogen-bond acceptors (Lipinski definition) is 5. The lowest BCUT2D eigenvalue weighted by Gasteiger charge is -2.25. The zero-order chi connectivity index (χ0) is 23.3. The number of likely N-dealkylation sites (tertiary alicyclic amines) is 2. The molecule has 0 spiro atoms. The number of aromatic nitrogens is 2. The number of hydrogen-bond donors (Lipinski definition) is 0. The zero-order valence-electron chi connectivity index (χ0n) is 19.2. The molecule has 1 atom stereocenters. The van der Waals surface area contributed by atoms with Crippen molar-refractivity contribution in [3.63, 3.8) is 0 Å². The Hall–Kier alpha value is -2.96. The van der Waals surface area contributed by atoms with Crippen molar-refractivity contribution in [2.75, 3.05) is 32.8 Å². The van der Waals surface area contributed by atoms with Gasteiger partial charge in [0.1, 0.15) is 12.4 Å². The molecule has 1 amide bonds. The molecular weight excluding hydrogens is 448 g/mol. The van der Waals surface area contributed by atoms with Gasteiger partial charge in [0.15, 0.2) is 5.82 Å². The maximum Gasteiger partial charge on any atom is 0.254 e. The quantitative estimate of drug-likeness (QED) is 0.466. The maximum atomic E-state index is 13.5. The van der Waals surface area contributed by atoms with Crippen LogP contribution >= 0.6 is 11.6 Å². The second-order valence-electron chi connectivity index (χ2n) is 8.90. The molecule has 2 aromatic carbocycles. The fraction of sp³-hybridized carbons (Fsp3) is 0.370. The van der Waals surface area contributed by atoms with Crippen molar-refractivity contribution in [3.8, 4) is 17.1 Å². The first-order valence-corrected chi connectivity index (χ1v) is 12.4. The second kappa shape index (κ2) is 10.5. The Morgan fingerprint density at radius 2 is 1.88 bits per heavy atom. The van der Waals surface area contributed by atoms with E-state index < -0.39 is 0 Å². The van der Waals surface area contributed by atoms with Crippen LogP contribution in [-0.2, 0) is 0 Å². The number of rotatable bonds is 7. The van der Waals surface area contributed by atoms with E-state index in [0.29, 0.717) is 29.6 Å². The number of ether oxygens (including phenoxy) is 1. The number of amides is 1. The maximum absolute atomic E-state index is 13.5. The molecule has 2 aliphatic rings. The molecule has 0 bridgehead atoms. The number of nitrogens with zero attached hydrogens (tertiary/aromatic N) is 4. The Balaban J connectivity index is 1.29. The van der Waals surface area contributed by atoms with Gasteiger partial charge in [0.2, 0.25) is 0 Å². The lowest BCUT2D eigenvalue weighted by molar-refractivity contribution is 0.0732. The van der Waals surface area contributed by atoms with Gasteiger partial charge < -0.3 is 9.64 Å². The fourth-order valence-electron chi connectivity index (χ4n) is 4.83. The van der Waals surface area contributed by atoms with E-state index in [0.717, 1.165) is 49.5 Å². The van der Waals surface area contributed by atoms with Gasteiger partial charge in [-0.3, -0.25) is 9.69 Å². The fourth-order valence-corrected chi connectivity index (χ4v) is 5.02. The van der Waals surface area contributed by atoms with Crippen molar-refractivity contribution in [2.45, 2.75) is 31.7 Å². The van der Waals surface area contributed by atoms with Crippen LogP contribution in [0.5, 0.6) is 5.75 Å². The standard InChI is InChI=1S/C27H29ClN4O2/c28-22-8-3-6-20(18-22)26-29-12-11-24(30-26)25-10-5-15-32(25)27(33)21-7-4-9-23(19-21)34-17-16-31-13-1-2-14-31/h3-4,6-9,11-12,18-19,25H,1-2,5,10,13-17H2/t25-/m1/s1. The predicted octanol–water partition coefficient (Wildman–Crippen LogP) is 5.25. The predicted molar refractivity (Wildman–Crippen MR) is 133 cm³/mol.